The zero-order valence-corrected chi connectivity index (χ0v) is 11.5. The molecule has 0 aliphatic carbocycles. The smallest absolute Gasteiger partial charge is 0.226 e. The van der Waals surface area contributed by atoms with Gasteiger partial charge in [0.15, 0.2) is 0 Å². The van der Waals surface area contributed by atoms with Crippen LogP contribution < -0.4 is 5.73 Å². The van der Waals surface area contributed by atoms with Gasteiger partial charge in [-0.1, -0.05) is 41.5 Å². The molecule has 3 heteroatoms. The monoisotopic (exact) mass is 226 g/mol. The van der Waals surface area contributed by atoms with Gasteiger partial charge in [0.2, 0.25) is 5.91 Å². The molecule has 0 bridgehead atoms. The van der Waals surface area contributed by atoms with Gasteiger partial charge in [-0.05, 0) is 10.8 Å². The molecule has 2 N–H and O–H groups in total. The van der Waals surface area contributed by atoms with E-state index in [0.29, 0.717) is 6.54 Å². The van der Waals surface area contributed by atoms with Crippen LogP contribution in [0.2, 0.25) is 0 Å². The Labute approximate surface area is 99.4 Å². The van der Waals surface area contributed by atoms with Gasteiger partial charge in [-0.3, -0.25) is 4.79 Å². The minimum Gasteiger partial charge on any atom is -0.340 e. The van der Waals surface area contributed by atoms with Gasteiger partial charge in [0.25, 0.3) is 0 Å². The van der Waals surface area contributed by atoms with Crippen molar-refractivity contribution in [2.75, 3.05) is 13.1 Å². The minimum atomic E-state index is 0.0217. The lowest BCUT2D eigenvalue weighted by molar-refractivity contribution is -0.137. The van der Waals surface area contributed by atoms with Crippen LogP contribution in [0.15, 0.2) is 0 Å². The highest BCUT2D eigenvalue weighted by molar-refractivity contribution is 5.79. The Hall–Kier alpha value is -0.570. The molecular weight excluding hydrogens is 200 g/mol. The van der Waals surface area contributed by atoms with Crippen LogP contribution in [-0.4, -0.2) is 29.9 Å². The van der Waals surface area contributed by atoms with E-state index in [9.17, 15) is 4.79 Å². The summed E-state index contributed by atoms with van der Waals surface area (Å²) in [5.74, 6) is 0.294. The Bertz CT molecular complexity index is 278. The van der Waals surface area contributed by atoms with Crippen molar-refractivity contribution >= 4 is 5.91 Å². The van der Waals surface area contributed by atoms with E-state index in [1.54, 1.807) is 0 Å². The Morgan fingerprint density at radius 1 is 1.44 bits per heavy atom. The highest BCUT2D eigenvalue weighted by Crippen LogP contribution is 2.32. The van der Waals surface area contributed by atoms with Crippen molar-refractivity contribution in [2.24, 2.45) is 22.5 Å². The van der Waals surface area contributed by atoms with Crippen LogP contribution in [0.25, 0.3) is 0 Å². The van der Waals surface area contributed by atoms with Crippen molar-refractivity contribution in [2.45, 2.75) is 47.6 Å². The molecule has 1 rings (SSSR count). The Morgan fingerprint density at radius 3 is 2.25 bits per heavy atom. The summed E-state index contributed by atoms with van der Waals surface area (Å²) in [6, 6.07) is 0.101. The van der Waals surface area contributed by atoms with Crippen LogP contribution >= 0.6 is 0 Å². The van der Waals surface area contributed by atoms with Crippen molar-refractivity contribution in [1.29, 1.82) is 0 Å². The molecule has 1 fully saturated rings. The first-order chi connectivity index (χ1) is 7.05. The maximum absolute atomic E-state index is 12.3. The second-order valence-electron chi connectivity index (χ2n) is 6.90. The lowest BCUT2D eigenvalue weighted by Crippen LogP contribution is -2.39. The van der Waals surface area contributed by atoms with Crippen LogP contribution in [0.4, 0.5) is 0 Å². The molecule has 0 aromatic rings. The van der Waals surface area contributed by atoms with Gasteiger partial charge < -0.3 is 10.6 Å². The summed E-state index contributed by atoms with van der Waals surface area (Å²) in [5.41, 5.74) is 6.13. The average Bonchev–Trinajstić information content (AvgIpc) is 2.37. The highest BCUT2D eigenvalue weighted by Gasteiger charge is 2.41. The van der Waals surface area contributed by atoms with E-state index in [2.05, 4.69) is 34.6 Å². The first-order valence-corrected chi connectivity index (χ1v) is 6.10. The molecule has 16 heavy (non-hydrogen) atoms. The van der Waals surface area contributed by atoms with Crippen molar-refractivity contribution in [3.05, 3.63) is 0 Å². The largest absolute Gasteiger partial charge is 0.340 e. The minimum absolute atomic E-state index is 0.0217. The van der Waals surface area contributed by atoms with E-state index in [-0.39, 0.29) is 28.7 Å². The van der Waals surface area contributed by atoms with Crippen LogP contribution in [0.3, 0.4) is 0 Å². The Balaban J connectivity index is 2.72. The van der Waals surface area contributed by atoms with Gasteiger partial charge in [0.1, 0.15) is 0 Å². The second kappa shape index (κ2) is 4.02. The predicted octanol–water partition coefficient (Wildman–Crippen LogP) is 1.86. The standard InChI is InChI=1S/C13H26N2O/c1-9(12(2,3)4)11(16)15-7-10(14)13(5,6)8-15/h9-10H,7-8,14H2,1-6H3. The number of nitrogens with zero attached hydrogens (tertiary/aromatic N) is 1. The number of hydrogen-bond donors (Lipinski definition) is 1. The number of amides is 1. The van der Waals surface area contributed by atoms with Crippen molar-refractivity contribution < 1.29 is 4.79 Å². The maximum atomic E-state index is 12.3. The number of rotatable bonds is 1. The molecular formula is C13H26N2O. The molecule has 94 valence electrons. The number of nitrogens with two attached hydrogens (primary N) is 1. The van der Waals surface area contributed by atoms with Crippen molar-refractivity contribution in [1.82, 2.24) is 4.90 Å². The van der Waals surface area contributed by atoms with Gasteiger partial charge in [-0.25, -0.2) is 0 Å². The summed E-state index contributed by atoms with van der Waals surface area (Å²) in [6.07, 6.45) is 0. The first kappa shape index (κ1) is 13.5. The fraction of sp³-hybridized carbons (Fsp3) is 0.923. The van der Waals surface area contributed by atoms with E-state index in [1.165, 1.54) is 0 Å². The molecule has 2 unspecified atom stereocenters. The Kier molecular flexibility index (Phi) is 3.39. The number of hydrogen-bond acceptors (Lipinski definition) is 2. The van der Waals surface area contributed by atoms with Gasteiger partial charge in [0, 0.05) is 25.0 Å². The van der Waals surface area contributed by atoms with E-state index in [1.807, 2.05) is 11.8 Å². The van der Waals surface area contributed by atoms with Crippen LogP contribution in [0.1, 0.15) is 41.5 Å². The van der Waals surface area contributed by atoms with Crippen LogP contribution in [0.5, 0.6) is 0 Å². The zero-order chi connectivity index (χ0) is 12.7. The summed E-state index contributed by atoms with van der Waals surface area (Å²) in [4.78, 5) is 14.2. The summed E-state index contributed by atoms with van der Waals surface area (Å²) >= 11 is 0. The van der Waals surface area contributed by atoms with Crippen LogP contribution in [-0.2, 0) is 4.79 Å². The van der Waals surface area contributed by atoms with Gasteiger partial charge in [0.05, 0.1) is 0 Å². The quantitative estimate of drug-likeness (QED) is 0.742. The zero-order valence-electron chi connectivity index (χ0n) is 11.5. The number of carbonyl (C=O) groups excluding carboxylic acids is 1. The summed E-state index contributed by atoms with van der Waals surface area (Å²) in [7, 11) is 0. The maximum Gasteiger partial charge on any atom is 0.226 e. The molecule has 1 aliphatic heterocycles. The summed E-state index contributed by atoms with van der Waals surface area (Å²) in [5, 5.41) is 0. The number of likely N-dealkylation sites (tertiary alicyclic amines) is 1. The summed E-state index contributed by atoms with van der Waals surface area (Å²) < 4.78 is 0. The van der Waals surface area contributed by atoms with E-state index in [0.717, 1.165) is 6.54 Å². The molecule has 1 saturated heterocycles. The van der Waals surface area contributed by atoms with Gasteiger partial charge in [-0.2, -0.15) is 0 Å². The van der Waals surface area contributed by atoms with Crippen molar-refractivity contribution in [3.8, 4) is 0 Å². The van der Waals surface area contributed by atoms with Gasteiger partial charge in [-0.15, -0.1) is 0 Å². The topological polar surface area (TPSA) is 46.3 Å². The average molecular weight is 226 g/mol. The van der Waals surface area contributed by atoms with Crippen molar-refractivity contribution in [3.63, 3.8) is 0 Å². The second-order valence-corrected chi connectivity index (χ2v) is 6.90. The highest BCUT2D eigenvalue weighted by atomic mass is 16.2. The number of carbonyl (C=O) groups is 1. The third-order valence-corrected chi connectivity index (χ3v) is 4.00. The van der Waals surface area contributed by atoms with E-state index < -0.39 is 0 Å². The van der Waals surface area contributed by atoms with Gasteiger partial charge >= 0.3 is 0 Å². The first-order valence-electron chi connectivity index (χ1n) is 6.10. The molecule has 0 aromatic heterocycles. The molecule has 1 aliphatic rings. The molecule has 1 amide bonds. The molecule has 3 nitrogen and oxygen atoms in total. The fourth-order valence-electron chi connectivity index (χ4n) is 1.97. The fourth-order valence-corrected chi connectivity index (χ4v) is 1.97. The summed E-state index contributed by atoms with van der Waals surface area (Å²) in [6.45, 7) is 14.1. The third kappa shape index (κ3) is 2.57. The lowest BCUT2D eigenvalue weighted by Gasteiger charge is -2.30. The van der Waals surface area contributed by atoms with E-state index in [4.69, 9.17) is 5.73 Å². The Morgan fingerprint density at radius 2 is 1.94 bits per heavy atom. The normalized spacial score (nSPS) is 26.9. The van der Waals surface area contributed by atoms with E-state index >= 15 is 0 Å². The lowest BCUT2D eigenvalue weighted by atomic mass is 9.81. The molecule has 0 spiro atoms. The molecule has 0 saturated carbocycles. The molecule has 2 atom stereocenters. The molecule has 0 radical (unpaired) electrons. The third-order valence-electron chi connectivity index (χ3n) is 4.00. The predicted molar refractivity (Wildman–Crippen MR) is 67.0 cm³/mol. The molecule has 1 heterocycles. The molecule has 0 aromatic carbocycles. The van der Waals surface area contributed by atoms with Crippen LogP contribution in [0, 0.1) is 16.7 Å². The SMILES string of the molecule is CC(C(=O)N1CC(N)C(C)(C)C1)C(C)(C)C.